The molecule has 0 spiro atoms. The number of benzene rings is 1. The highest BCUT2D eigenvalue weighted by atomic mass is 16.3. The van der Waals surface area contributed by atoms with Crippen molar-refractivity contribution in [1.82, 2.24) is 20.5 Å². The Morgan fingerprint density at radius 1 is 1.15 bits per heavy atom. The number of aromatic nitrogens is 3. The van der Waals surface area contributed by atoms with Gasteiger partial charge in [0.15, 0.2) is 0 Å². The maximum atomic E-state index is 12.6. The van der Waals surface area contributed by atoms with Crippen molar-refractivity contribution in [3.8, 4) is 5.75 Å². The number of carbonyl (C=O) groups excluding carboxylic acids is 1. The van der Waals surface area contributed by atoms with E-state index in [9.17, 15) is 9.90 Å². The third-order valence-electron chi connectivity index (χ3n) is 4.18. The molecule has 0 atom stereocenters. The van der Waals surface area contributed by atoms with Gasteiger partial charge in [-0.3, -0.25) is 9.89 Å². The van der Waals surface area contributed by atoms with Crippen LogP contribution in [0.4, 0.5) is 5.95 Å². The van der Waals surface area contributed by atoms with Gasteiger partial charge in [0.1, 0.15) is 11.6 Å². The summed E-state index contributed by atoms with van der Waals surface area (Å²) < 4.78 is 0. The van der Waals surface area contributed by atoms with E-state index in [4.69, 9.17) is 5.73 Å². The van der Waals surface area contributed by atoms with Crippen LogP contribution in [0.1, 0.15) is 68.9 Å². The number of phenols is 1. The number of amides is 1. The van der Waals surface area contributed by atoms with Gasteiger partial charge >= 0.3 is 0 Å². The average Bonchev–Trinajstić information content (AvgIpc) is 2.90. The fraction of sp³-hybridized carbons (Fsp3) is 0.526. The molecule has 2 aromatic rings. The monoisotopic (exact) mass is 359 g/mol. The summed E-state index contributed by atoms with van der Waals surface area (Å²) in [6.07, 6.45) is 0.506. The van der Waals surface area contributed by atoms with E-state index >= 15 is 0 Å². The number of aromatic hydroxyl groups is 1. The van der Waals surface area contributed by atoms with Gasteiger partial charge in [-0.25, -0.2) is 0 Å². The fourth-order valence-electron chi connectivity index (χ4n) is 2.73. The Labute approximate surface area is 154 Å². The second-order valence-corrected chi connectivity index (χ2v) is 8.57. The van der Waals surface area contributed by atoms with Gasteiger partial charge in [0.05, 0.1) is 0 Å². The molecular weight excluding hydrogens is 330 g/mol. The number of H-pyrrole nitrogens is 1. The molecule has 7 nitrogen and oxygen atoms in total. The minimum Gasteiger partial charge on any atom is -0.507 e. The van der Waals surface area contributed by atoms with Gasteiger partial charge in [0.25, 0.3) is 5.91 Å². The molecule has 142 valence electrons. The molecule has 0 aliphatic heterocycles. The number of nitrogens with zero attached hydrogens (tertiary/aromatic N) is 2. The topological polar surface area (TPSA) is 117 Å². The molecule has 0 aliphatic rings. The van der Waals surface area contributed by atoms with Crippen molar-refractivity contribution in [3.05, 3.63) is 34.6 Å². The molecule has 0 saturated heterocycles. The van der Waals surface area contributed by atoms with Crippen molar-refractivity contribution >= 4 is 11.9 Å². The van der Waals surface area contributed by atoms with Gasteiger partial charge in [-0.1, -0.05) is 41.5 Å². The molecule has 1 aromatic heterocycles. The largest absolute Gasteiger partial charge is 0.507 e. The van der Waals surface area contributed by atoms with Crippen LogP contribution in [0.2, 0.25) is 0 Å². The first kappa shape index (κ1) is 19.8. The quantitative estimate of drug-likeness (QED) is 0.669. The lowest BCUT2D eigenvalue weighted by Gasteiger charge is -2.28. The minimum absolute atomic E-state index is 0.187. The second-order valence-electron chi connectivity index (χ2n) is 8.57. The number of aromatic amines is 1. The van der Waals surface area contributed by atoms with Gasteiger partial charge in [0.2, 0.25) is 5.95 Å². The predicted octanol–water partition coefficient (Wildman–Crippen LogP) is 2.66. The standard InChI is InChI=1S/C19H29N5O2/c1-18(2,3)12-9-11(10-13(15(12)25)19(4,5)6)16(26)21-8-7-14-22-17(20)24-23-14/h9-10,25H,7-8H2,1-6H3,(H,21,26)(H3,20,22,23,24). The molecule has 0 radical (unpaired) electrons. The zero-order valence-corrected chi connectivity index (χ0v) is 16.4. The summed E-state index contributed by atoms with van der Waals surface area (Å²) >= 11 is 0. The number of rotatable bonds is 4. The van der Waals surface area contributed by atoms with Crippen LogP contribution >= 0.6 is 0 Å². The third-order valence-corrected chi connectivity index (χ3v) is 4.18. The van der Waals surface area contributed by atoms with Gasteiger partial charge in [0, 0.05) is 29.7 Å². The molecule has 1 amide bonds. The lowest BCUT2D eigenvalue weighted by atomic mass is 9.78. The molecule has 0 bridgehead atoms. The summed E-state index contributed by atoms with van der Waals surface area (Å²) in [7, 11) is 0. The molecule has 7 heteroatoms. The number of hydrogen-bond acceptors (Lipinski definition) is 5. The summed E-state index contributed by atoms with van der Waals surface area (Å²) in [5, 5.41) is 20.1. The van der Waals surface area contributed by atoms with Crippen LogP contribution in [0, 0.1) is 0 Å². The van der Waals surface area contributed by atoms with Crippen LogP contribution in [-0.2, 0) is 17.3 Å². The van der Waals surface area contributed by atoms with Crippen molar-refractivity contribution < 1.29 is 9.90 Å². The van der Waals surface area contributed by atoms with Crippen LogP contribution in [0.25, 0.3) is 0 Å². The highest BCUT2D eigenvalue weighted by Gasteiger charge is 2.27. The number of hydrogen-bond donors (Lipinski definition) is 4. The number of phenolic OH excluding ortho intramolecular Hbond substituents is 1. The van der Waals surface area contributed by atoms with E-state index in [0.717, 1.165) is 11.1 Å². The number of carbonyl (C=O) groups is 1. The predicted molar refractivity (Wildman–Crippen MR) is 102 cm³/mol. The van der Waals surface area contributed by atoms with Crippen LogP contribution in [0.15, 0.2) is 12.1 Å². The first-order chi connectivity index (χ1) is 11.9. The van der Waals surface area contributed by atoms with Gasteiger partial charge in [-0.2, -0.15) is 4.98 Å². The van der Waals surface area contributed by atoms with Crippen molar-refractivity contribution in [2.75, 3.05) is 12.3 Å². The van der Waals surface area contributed by atoms with E-state index < -0.39 is 0 Å². The van der Waals surface area contributed by atoms with Crippen LogP contribution in [-0.4, -0.2) is 32.7 Å². The molecule has 1 aromatic carbocycles. The Hall–Kier alpha value is -2.57. The molecule has 1 heterocycles. The third kappa shape index (κ3) is 4.53. The van der Waals surface area contributed by atoms with Crippen LogP contribution in [0.3, 0.4) is 0 Å². The summed E-state index contributed by atoms with van der Waals surface area (Å²) in [6.45, 7) is 12.5. The summed E-state index contributed by atoms with van der Waals surface area (Å²) in [6, 6.07) is 3.54. The van der Waals surface area contributed by atoms with Crippen molar-refractivity contribution in [3.63, 3.8) is 0 Å². The van der Waals surface area contributed by atoms with E-state index in [1.807, 2.05) is 41.5 Å². The highest BCUT2D eigenvalue weighted by Crippen LogP contribution is 2.39. The second kappa shape index (κ2) is 6.97. The first-order valence-corrected chi connectivity index (χ1v) is 8.72. The van der Waals surface area contributed by atoms with E-state index in [-0.39, 0.29) is 28.4 Å². The number of nitrogens with one attached hydrogen (secondary N) is 2. The molecule has 0 aliphatic carbocycles. The molecule has 0 fully saturated rings. The van der Waals surface area contributed by atoms with E-state index in [0.29, 0.717) is 24.4 Å². The van der Waals surface area contributed by atoms with E-state index in [1.54, 1.807) is 12.1 Å². The first-order valence-electron chi connectivity index (χ1n) is 8.72. The zero-order chi connectivity index (χ0) is 19.7. The maximum absolute atomic E-state index is 12.6. The SMILES string of the molecule is CC(C)(C)c1cc(C(=O)NCCc2nc(N)n[nH]2)cc(C(C)(C)C)c1O. The lowest BCUT2D eigenvalue weighted by molar-refractivity contribution is 0.0953. The van der Waals surface area contributed by atoms with Crippen molar-refractivity contribution in [1.29, 1.82) is 0 Å². The smallest absolute Gasteiger partial charge is 0.251 e. The summed E-state index contributed by atoms with van der Waals surface area (Å²) in [4.78, 5) is 16.7. The Morgan fingerprint density at radius 3 is 2.12 bits per heavy atom. The van der Waals surface area contributed by atoms with Crippen molar-refractivity contribution in [2.45, 2.75) is 58.8 Å². The Morgan fingerprint density at radius 2 is 1.69 bits per heavy atom. The summed E-state index contributed by atoms with van der Waals surface area (Å²) in [5.41, 5.74) is 6.97. The molecule has 0 saturated carbocycles. The number of nitrogens with two attached hydrogens (primary N) is 1. The average molecular weight is 359 g/mol. The maximum Gasteiger partial charge on any atom is 0.251 e. The molecule has 26 heavy (non-hydrogen) atoms. The summed E-state index contributed by atoms with van der Waals surface area (Å²) in [5.74, 6) is 0.890. The van der Waals surface area contributed by atoms with Gasteiger partial charge in [-0.05, 0) is 23.0 Å². The molecular formula is C19H29N5O2. The van der Waals surface area contributed by atoms with Gasteiger partial charge < -0.3 is 16.2 Å². The van der Waals surface area contributed by atoms with Crippen LogP contribution in [0.5, 0.6) is 5.75 Å². The minimum atomic E-state index is -0.280. The molecule has 0 unspecified atom stereocenters. The molecule has 5 N–H and O–H groups in total. The van der Waals surface area contributed by atoms with Crippen molar-refractivity contribution in [2.24, 2.45) is 0 Å². The zero-order valence-electron chi connectivity index (χ0n) is 16.4. The normalized spacial score (nSPS) is 12.2. The Bertz CT molecular complexity index is 762. The van der Waals surface area contributed by atoms with Gasteiger partial charge in [-0.15, -0.1) is 5.10 Å². The Balaban J connectivity index is 2.25. The molecule has 2 rings (SSSR count). The van der Waals surface area contributed by atoms with E-state index in [2.05, 4.69) is 20.5 Å². The highest BCUT2D eigenvalue weighted by molar-refractivity contribution is 5.95. The van der Waals surface area contributed by atoms with E-state index in [1.165, 1.54) is 0 Å². The Kier molecular flexibility index (Phi) is 5.30. The van der Waals surface area contributed by atoms with Crippen LogP contribution < -0.4 is 11.1 Å². The fourth-order valence-corrected chi connectivity index (χ4v) is 2.73. The number of nitrogen functional groups attached to an aromatic ring is 1. The lowest BCUT2D eigenvalue weighted by Crippen LogP contribution is -2.27. The number of anilines is 1.